The summed E-state index contributed by atoms with van der Waals surface area (Å²) >= 11 is 0. The first-order valence-corrected chi connectivity index (χ1v) is 25.4. The summed E-state index contributed by atoms with van der Waals surface area (Å²) in [5, 5.41) is 0. The van der Waals surface area contributed by atoms with E-state index in [2.05, 4.69) is 52.4 Å². The number of hydrogen-bond acceptors (Lipinski definition) is 12. The number of esters is 1. The summed E-state index contributed by atoms with van der Waals surface area (Å²) < 4.78 is 62.0. The summed E-state index contributed by atoms with van der Waals surface area (Å²) in [6.45, 7) is 28.9. The summed E-state index contributed by atoms with van der Waals surface area (Å²) in [7, 11) is -5.52. The van der Waals surface area contributed by atoms with Crippen molar-refractivity contribution in [3.05, 3.63) is 12.2 Å². The lowest BCUT2D eigenvalue weighted by Gasteiger charge is -2.38. The highest BCUT2D eigenvalue weighted by atomic mass is 28.5. The van der Waals surface area contributed by atoms with Crippen LogP contribution in [0.3, 0.4) is 0 Å². The van der Waals surface area contributed by atoms with Gasteiger partial charge in [-0.05, 0) is 65.2 Å². The van der Waals surface area contributed by atoms with Crippen molar-refractivity contribution in [1.82, 2.24) is 0 Å². The molecule has 0 saturated carbocycles. The average Bonchev–Trinajstić information content (AvgIpc) is 2.92. The van der Waals surface area contributed by atoms with Crippen LogP contribution in [0, 0.1) is 0 Å². The maximum absolute atomic E-state index is 11.2. The van der Waals surface area contributed by atoms with Crippen molar-refractivity contribution in [2.45, 2.75) is 65.2 Å². The molecule has 0 aromatic rings. The Morgan fingerprint density at radius 2 is 0.733 bits per heavy atom. The summed E-state index contributed by atoms with van der Waals surface area (Å²) in [5.74, 6) is -0.410. The Morgan fingerprint density at radius 1 is 0.467 bits per heavy atom. The quantitative estimate of drug-likeness (QED) is 0.0418. The fraction of sp³-hybridized carbons (Fsp3) is 0.900. The van der Waals surface area contributed by atoms with Crippen molar-refractivity contribution in [2.24, 2.45) is 0 Å². The predicted molar refractivity (Wildman–Crippen MR) is 182 cm³/mol. The van der Waals surface area contributed by atoms with Gasteiger partial charge in [-0.3, -0.25) is 0 Å². The lowest BCUT2D eigenvalue weighted by Crippen LogP contribution is -2.52. The molecule has 0 aliphatic carbocycles. The van der Waals surface area contributed by atoms with Crippen LogP contribution < -0.4 is 0 Å². The molecule has 0 saturated heterocycles. The maximum atomic E-state index is 11.2. The lowest BCUT2D eigenvalue weighted by molar-refractivity contribution is -0.140. The Morgan fingerprint density at radius 3 is 1.00 bits per heavy atom. The van der Waals surface area contributed by atoms with E-state index >= 15 is 0 Å². The zero-order valence-corrected chi connectivity index (χ0v) is 32.5. The van der Waals surface area contributed by atoms with E-state index in [1.165, 1.54) is 0 Å². The maximum Gasteiger partial charge on any atom is 0.333 e. The summed E-state index contributed by atoms with van der Waals surface area (Å²) in [6.07, 6.45) is 0.938. The number of rotatable bonds is 33. The van der Waals surface area contributed by atoms with Gasteiger partial charge >= 0.3 is 14.5 Å². The molecule has 0 spiro atoms. The number of carbonyl (C=O) groups is 1. The van der Waals surface area contributed by atoms with Gasteiger partial charge in [0.05, 0.1) is 99.1 Å². The lowest BCUT2D eigenvalue weighted by atomic mass is 10.4. The Kier molecular flexibility index (Phi) is 27.1. The molecule has 0 amide bonds. The molecule has 0 fully saturated rings. The van der Waals surface area contributed by atoms with Crippen LogP contribution in [0.25, 0.3) is 0 Å². The zero-order chi connectivity index (χ0) is 33.9. The first kappa shape index (κ1) is 44.5. The third-order valence-electron chi connectivity index (χ3n) is 5.38. The Balaban J connectivity index is 3.37. The SMILES string of the molecule is C=C(C)C(=O)OCCOCCOCCOCCOCCOCCOCCOCCOCCC[Si](C)(O[Si](C)(C)C)O[Si](C)(C)C. The first-order chi connectivity index (χ1) is 21.2. The third-order valence-corrected chi connectivity index (χ3v) is 15.0. The van der Waals surface area contributed by atoms with Crippen LogP contribution in [0.1, 0.15) is 13.3 Å². The van der Waals surface area contributed by atoms with Crippen molar-refractivity contribution in [3.8, 4) is 0 Å². The van der Waals surface area contributed by atoms with Crippen molar-refractivity contribution in [2.75, 3.05) is 112 Å². The van der Waals surface area contributed by atoms with Gasteiger partial charge in [0.25, 0.3) is 0 Å². The topological polar surface area (TPSA) is 119 Å². The molecule has 0 bridgehead atoms. The molecule has 12 nitrogen and oxygen atoms in total. The van der Waals surface area contributed by atoms with Crippen LogP contribution in [0.5, 0.6) is 0 Å². The fourth-order valence-electron chi connectivity index (χ4n) is 3.87. The number of hydrogen-bond donors (Lipinski definition) is 0. The van der Waals surface area contributed by atoms with Crippen LogP contribution in [0.15, 0.2) is 12.2 Å². The molecule has 0 aliphatic heterocycles. The minimum atomic E-state index is -2.19. The second-order valence-corrected chi connectivity index (χ2v) is 25.3. The summed E-state index contributed by atoms with van der Waals surface area (Å²) in [6, 6.07) is 0.953. The van der Waals surface area contributed by atoms with E-state index in [0.29, 0.717) is 111 Å². The molecule has 0 radical (unpaired) electrons. The monoisotopic (exact) mass is 700 g/mol. The van der Waals surface area contributed by atoms with Gasteiger partial charge in [-0.1, -0.05) is 6.58 Å². The van der Waals surface area contributed by atoms with E-state index in [9.17, 15) is 4.79 Å². The van der Waals surface area contributed by atoms with Crippen LogP contribution >= 0.6 is 0 Å². The van der Waals surface area contributed by atoms with Crippen LogP contribution in [0.4, 0.5) is 0 Å². The molecule has 0 N–H and O–H groups in total. The van der Waals surface area contributed by atoms with E-state index in [-0.39, 0.29) is 6.61 Å². The first-order valence-electron chi connectivity index (χ1n) is 16.1. The van der Waals surface area contributed by atoms with E-state index in [4.69, 9.17) is 50.9 Å². The van der Waals surface area contributed by atoms with Gasteiger partial charge < -0.3 is 50.9 Å². The van der Waals surface area contributed by atoms with Gasteiger partial charge in [0, 0.05) is 12.2 Å². The summed E-state index contributed by atoms with van der Waals surface area (Å²) in [4.78, 5) is 11.2. The van der Waals surface area contributed by atoms with Crippen molar-refractivity contribution < 1.29 is 55.7 Å². The molecule has 0 heterocycles. The molecule has 0 atom stereocenters. The fourth-order valence-corrected chi connectivity index (χ4v) is 16.4. The second kappa shape index (κ2) is 27.4. The van der Waals surface area contributed by atoms with Crippen LogP contribution in [-0.2, 0) is 55.7 Å². The molecule has 0 aromatic carbocycles. The number of carbonyl (C=O) groups excluding carboxylic acids is 1. The van der Waals surface area contributed by atoms with E-state index in [1.54, 1.807) is 6.92 Å². The van der Waals surface area contributed by atoms with Gasteiger partial charge in [-0.2, -0.15) is 0 Å². The molecule has 268 valence electrons. The van der Waals surface area contributed by atoms with Gasteiger partial charge in [0.2, 0.25) is 0 Å². The molecule has 0 unspecified atom stereocenters. The van der Waals surface area contributed by atoms with Gasteiger partial charge in [0.15, 0.2) is 16.6 Å². The molecular weight excluding hydrogens is 637 g/mol. The van der Waals surface area contributed by atoms with Crippen molar-refractivity contribution >= 4 is 31.2 Å². The van der Waals surface area contributed by atoms with Crippen LogP contribution in [-0.4, -0.2) is 143 Å². The Labute approximate surface area is 276 Å². The van der Waals surface area contributed by atoms with Gasteiger partial charge in [-0.25, -0.2) is 4.79 Å². The Hall–Kier alpha value is -0.539. The highest BCUT2D eigenvalue weighted by Crippen LogP contribution is 2.25. The molecule has 45 heavy (non-hydrogen) atoms. The molecule has 0 aromatic heterocycles. The standard InChI is InChI=1S/C30H64O12Si3/c1-29(2)30(31)40-27-26-39-25-24-38-23-22-37-21-20-36-19-18-35-17-16-34-15-14-33-13-12-32-11-10-28-45(9,41-43(3,4)5)42-44(6,7)8/h1,10-28H2,2-9H3. The van der Waals surface area contributed by atoms with Crippen LogP contribution in [0.2, 0.25) is 51.9 Å². The van der Waals surface area contributed by atoms with Crippen molar-refractivity contribution in [3.63, 3.8) is 0 Å². The minimum Gasteiger partial charge on any atom is -0.460 e. The van der Waals surface area contributed by atoms with E-state index in [1.807, 2.05) is 0 Å². The summed E-state index contributed by atoms with van der Waals surface area (Å²) in [5.41, 5.74) is 0.373. The second-order valence-electron chi connectivity index (χ2n) is 12.5. The normalized spacial score (nSPS) is 12.5. The largest absolute Gasteiger partial charge is 0.460 e. The molecule has 0 rings (SSSR count). The molecular formula is C30H64O12Si3. The van der Waals surface area contributed by atoms with E-state index in [0.717, 1.165) is 12.5 Å². The highest BCUT2D eigenvalue weighted by Gasteiger charge is 2.39. The molecule has 0 aliphatic rings. The van der Waals surface area contributed by atoms with Crippen molar-refractivity contribution in [1.29, 1.82) is 0 Å². The smallest absolute Gasteiger partial charge is 0.333 e. The minimum absolute atomic E-state index is 0.202. The van der Waals surface area contributed by atoms with Gasteiger partial charge in [-0.15, -0.1) is 0 Å². The average molecular weight is 701 g/mol. The zero-order valence-electron chi connectivity index (χ0n) is 29.5. The molecule has 15 heteroatoms. The predicted octanol–water partition coefficient (Wildman–Crippen LogP) is 4.40. The van der Waals surface area contributed by atoms with Gasteiger partial charge in [0.1, 0.15) is 6.61 Å². The third kappa shape index (κ3) is 33.2. The number of ether oxygens (including phenoxy) is 9. The Bertz CT molecular complexity index is 716. The van der Waals surface area contributed by atoms with E-state index < -0.39 is 31.2 Å². The highest BCUT2D eigenvalue weighted by molar-refractivity contribution is 6.87.